The summed E-state index contributed by atoms with van der Waals surface area (Å²) in [6, 6.07) is 22.9. The van der Waals surface area contributed by atoms with Crippen LogP contribution in [-0.4, -0.2) is 0 Å². The summed E-state index contributed by atoms with van der Waals surface area (Å²) in [4.78, 5) is 2.30. The van der Waals surface area contributed by atoms with Crippen LogP contribution in [0.5, 0.6) is 11.5 Å². The molecule has 104 valence electrons. The fourth-order valence-electron chi connectivity index (χ4n) is 3.22. The first-order chi connectivity index (χ1) is 10.9. The minimum Gasteiger partial charge on any atom is -0.453 e. The first-order valence-electron chi connectivity index (χ1n) is 7.39. The SMILES string of the molecule is C1=Cc2cccc3c2N(c2ccccc21)c1ccccc1O3. The summed E-state index contributed by atoms with van der Waals surface area (Å²) in [6.07, 6.45) is 4.33. The van der Waals surface area contributed by atoms with E-state index in [1.807, 2.05) is 24.3 Å². The van der Waals surface area contributed by atoms with Crippen LogP contribution in [0, 0.1) is 0 Å². The lowest BCUT2D eigenvalue weighted by Crippen LogP contribution is -2.16. The first-order valence-corrected chi connectivity index (χ1v) is 7.39. The molecule has 0 aromatic heterocycles. The highest BCUT2D eigenvalue weighted by molar-refractivity contribution is 5.97. The van der Waals surface area contributed by atoms with Gasteiger partial charge in [-0.15, -0.1) is 0 Å². The van der Waals surface area contributed by atoms with Crippen LogP contribution in [0.15, 0.2) is 66.7 Å². The first kappa shape index (κ1) is 11.6. The highest BCUT2D eigenvalue weighted by Gasteiger charge is 2.29. The predicted molar refractivity (Wildman–Crippen MR) is 90.1 cm³/mol. The van der Waals surface area contributed by atoms with Crippen molar-refractivity contribution in [2.45, 2.75) is 0 Å². The van der Waals surface area contributed by atoms with Crippen molar-refractivity contribution in [2.24, 2.45) is 0 Å². The van der Waals surface area contributed by atoms with Gasteiger partial charge in [0.1, 0.15) is 0 Å². The smallest absolute Gasteiger partial charge is 0.152 e. The molecule has 0 saturated heterocycles. The van der Waals surface area contributed by atoms with Gasteiger partial charge < -0.3 is 9.64 Å². The second kappa shape index (κ2) is 4.25. The minimum absolute atomic E-state index is 0.892. The topological polar surface area (TPSA) is 12.5 Å². The molecule has 2 heterocycles. The van der Waals surface area contributed by atoms with Gasteiger partial charge in [-0.25, -0.2) is 0 Å². The Hall–Kier alpha value is -3.00. The van der Waals surface area contributed by atoms with Gasteiger partial charge in [0, 0.05) is 5.56 Å². The van der Waals surface area contributed by atoms with Crippen LogP contribution in [0.2, 0.25) is 0 Å². The lowest BCUT2D eigenvalue weighted by atomic mass is 10.1. The van der Waals surface area contributed by atoms with Gasteiger partial charge in [0.05, 0.1) is 17.1 Å². The Labute approximate surface area is 128 Å². The molecular formula is C20H13NO. The van der Waals surface area contributed by atoms with E-state index in [0.717, 1.165) is 22.9 Å². The van der Waals surface area contributed by atoms with Crippen LogP contribution in [0.1, 0.15) is 11.1 Å². The van der Waals surface area contributed by atoms with Crippen molar-refractivity contribution in [3.05, 3.63) is 77.9 Å². The molecule has 0 radical (unpaired) electrons. The zero-order chi connectivity index (χ0) is 14.5. The van der Waals surface area contributed by atoms with Gasteiger partial charge >= 0.3 is 0 Å². The third-order valence-corrected chi connectivity index (χ3v) is 4.20. The number of nitrogens with zero attached hydrogens (tertiary/aromatic N) is 1. The second-order valence-electron chi connectivity index (χ2n) is 5.49. The quantitative estimate of drug-likeness (QED) is 0.359. The van der Waals surface area contributed by atoms with Gasteiger partial charge in [0.2, 0.25) is 0 Å². The standard InChI is InChI=1S/C20H13NO/c1-2-8-16-14(6-1)12-13-15-7-5-11-19-20(15)21(16)17-9-3-4-10-18(17)22-19/h1-13H. The molecule has 2 nitrogen and oxygen atoms in total. The van der Waals surface area contributed by atoms with Crippen molar-refractivity contribution >= 4 is 29.2 Å². The molecule has 0 fully saturated rings. The maximum absolute atomic E-state index is 6.12. The summed E-state index contributed by atoms with van der Waals surface area (Å²) in [7, 11) is 0. The molecule has 0 saturated carbocycles. The van der Waals surface area contributed by atoms with Crippen LogP contribution in [0.25, 0.3) is 12.2 Å². The molecular weight excluding hydrogens is 270 g/mol. The molecule has 0 bridgehead atoms. The van der Waals surface area contributed by atoms with E-state index in [-0.39, 0.29) is 0 Å². The van der Waals surface area contributed by atoms with Crippen molar-refractivity contribution in [1.29, 1.82) is 0 Å². The third kappa shape index (κ3) is 1.49. The fourth-order valence-corrected chi connectivity index (χ4v) is 3.22. The van der Waals surface area contributed by atoms with Crippen LogP contribution in [0.4, 0.5) is 17.1 Å². The molecule has 5 rings (SSSR count). The molecule has 0 N–H and O–H groups in total. The van der Waals surface area contributed by atoms with E-state index in [0.29, 0.717) is 0 Å². The summed E-state index contributed by atoms with van der Waals surface area (Å²) in [6.45, 7) is 0. The normalized spacial score (nSPS) is 13.5. The van der Waals surface area contributed by atoms with E-state index < -0.39 is 0 Å². The Morgan fingerprint density at radius 3 is 2.23 bits per heavy atom. The maximum Gasteiger partial charge on any atom is 0.152 e. The molecule has 0 amide bonds. The molecule has 0 atom stereocenters. The Balaban J connectivity index is 1.91. The second-order valence-corrected chi connectivity index (χ2v) is 5.49. The lowest BCUT2D eigenvalue weighted by molar-refractivity contribution is 0.477. The maximum atomic E-state index is 6.12. The molecule has 3 aromatic rings. The molecule has 0 unspecified atom stereocenters. The van der Waals surface area contributed by atoms with Crippen molar-refractivity contribution in [3.63, 3.8) is 0 Å². The predicted octanol–water partition coefficient (Wildman–Crippen LogP) is 5.75. The number of ether oxygens (including phenoxy) is 1. The summed E-state index contributed by atoms with van der Waals surface area (Å²) in [5, 5.41) is 0. The highest BCUT2D eigenvalue weighted by Crippen LogP contribution is 2.53. The van der Waals surface area contributed by atoms with E-state index >= 15 is 0 Å². The molecule has 3 aromatic carbocycles. The Kier molecular flexibility index (Phi) is 2.25. The van der Waals surface area contributed by atoms with Crippen molar-refractivity contribution < 1.29 is 4.74 Å². The Morgan fingerprint density at radius 2 is 1.27 bits per heavy atom. The number of fused-ring (bicyclic) bond motifs is 4. The number of benzene rings is 3. The molecule has 2 heteroatoms. The average Bonchev–Trinajstić information content (AvgIpc) is 2.74. The van der Waals surface area contributed by atoms with Crippen molar-refractivity contribution in [3.8, 4) is 11.5 Å². The van der Waals surface area contributed by atoms with Crippen LogP contribution < -0.4 is 9.64 Å². The average molecular weight is 283 g/mol. The fraction of sp³-hybridized carbons (Fsp3) is 0. The lowest BCUT2D eigenvalue weighted by Gasteiger charge is -2.33. The van der Waals surface area contributed by atoms with Crippen LogP contribution in [0.3, 0.4) is 0 Å². The van der Waals surface area contributed by atoms with Crippen molar-refractivity contribution in [2.75, 3.05) is 4.90 Å². The summed E-state index contributed by atoms with van der Waals surface area (Å²) in [5.41, 5.74) is 5.76. The van der Waals surface area contributed by atoms with E-state index in [4.69, 9.17) is 4.74 Å². The Morgan fingerprint density at radius 1 is 0.591 bits per heavy atom. The number of para-hydroxylation sites is 4. The molecule has 0 aliphatic carbocycles. The van der Waals surface area contributed by atoms with Gasteiger partial charge in [-0.1, -0.05) is 54.6 Å². The van der Waals surface area contributed by atoms with Crippen LogP contribution >= 0.6 is 0 Å². The van der Waals surface area contributed by atoms with E-state index in [2.05, 4.69) is 59.5 Å². The summed E-state index contributed by atoms with van der Waals surface area (Å²) < 4.78 is 6.12. The zero-order valence-corrected chi connectivity index (χ0v) is 11.9. The van der Waals surface area contributed by atoms with Crippen LogP contribution in [-0.2, 0) is 0 Å². The third-order valence-electron chi connectivity index (χ3n) is 4.20. The van der Waals surface area contributed by atoms with Gasteiger partial charge in [-0.05, 0) is 29.8 Å². The van der Waals surface area contributed by atoms with Gasteiger partial charge in [0.15, 0.2) is 11.5 Å². The molecule has 2 aliphatic heterocycles. The van der Waals surface area contributed by atoms with E-state index in [1.165, 1.54) is 16.8 Å². The highest BCUT2D eigenvalue weighted by atomic mass is 16.5. The molecule has 2 aliphatic rings. The summed E-state index contributed by atoms with van der Waals surface area (Å²) in [5.74, 6) is 1.79. The number of hydrogen-bond donors (Lipinski definition) is 0. The molecule has 22 heavy (non-hydrogen) atoms. The number of rotatable bonds is 0. The zero-order valence-electron chi connectivity index (χ0n) is 11.9. The largest absolute Gasteiger partial charge is 0.453 e. The van der Waals surface area contributed by atoms with Crippen molar-refractivity contribution in [1.82, 2.24) is 0 Å². The van der Waals surface area contributed by atoms with Gasteiger partial charge in [-0.3, -0.25) is 0 Å². The number of anilines is 3. The monoisotopic (exact) mass is 283 g/mol. The minimum atomic E-state index is 0.892. The van der Waals surface area contributed by atoms with E-state index in [9.17, 15) is 0 Å². The van der Waals surface area contributed by atoms with E-state index in [1.54, 1.807) is 0 Å². The Bertz CT molecular complexity index is 926. The van der Waals surface area contributed by atoms with Gasteiger partial charge in [-0.2, -0.15) is 0 Å². The van der Waals surface area contributed by atoms with Gasteiger partial charge in [0.25, 0.3) is 0 Å². The molecule has 0 spiro atoms. The summed E-state index contributed by atoms with van der Waals surface area (Å²) >= 11 is 0. The number of hydrogen-bond acceptors (Lipinski definition) is 2.